The first-order chi connectivity index (χ1) is 22.0. The topological polar surface area (TPSA) is 50.2 Å². The summed E-state index contributed by atoms with van der Waals surface area (Å²) in [5.41, 5.74) is 1.16. The molecular weight excluding hydrogens is 702 g/mol. The summed E-state index contributed by atoms with van der Waals surface area (Å²) in [5, 5.41) is 12.1. The number of aryl methyl sites for hydroxylation is 2. The van der Waals surface area contributed by atoms with Crippen molar-refractivity contribution in [3.05, 3.63) is 89.1 Å². The van der Waals surface area contributed by atoms with E-state index < -0.39 is 13.7 Å². The third-order valence-corrected chi connectivity index (χ3v) is 7.70. The molecule has 0 atom stereocenters. The fourth-order valence-corrected chi connectivity index (χ4v) is 5.22. The minimum atomic E-state index is -2.54. The first kappa shape index (κ1) is 26.7. The molecular formula is C37H45FIrNO2-. The molecule has 0 spiro atoms. The van der Waals surface area contributed by atoms with Crippen molar-refractivity contribution >= 4 is 27.3 Å². The van der Waals surface area contributed by atoms with Crippen molar-refractivity contribution in [2.75, 3.05) is 0 Å². The molecule has 227 valence electrons. The second-order valence-corrected chi connectivity index (χ2v) is 10.7. The molecule has 0 aliphatic rings. The molecule has 1 N–H and O–H groups in total. The summed E-state index contributed by atoms with van der Waals surface area (Å²) in [6.45, 7) is 6.99. The Labute approximate surface area is 273 Å². The van der Waals surface area contributed by atoms with Crippen LogP contribution in [0.25, 0.3) is 32.8 Å². The van der Waals surface area contributed by atoms with Gasteiger partial charge in [-0.2, -0.15) is 0 Å². The van der Waals surface area contributed by atoms with Crippen LogP contribution in [0.2, 0.25) is 0 Å². The van der Waals surface area contributed by atoms with E-state index in [1.54, 1.807) is 30.5 Å². The van der Waals surface area contributed by atoms with Crippen LogP contribution in [0, 0.1) is 37.4 Å². The zero-order valence-electron chi connectivity index (χ0n) is 31.3. The van der Waals surface area contributed by atoms with Crippen molar-refractivity contribution in [3.8, 4) is 11.3 Å². The number of fused-ring (bicyclic) bond motifs is 3. The third-order valence-electron chi connectivity index (χ3n) is 7.70. The number of aromatic nitrogens is 1. The van der Waals surface area contributed by atoms with Crippen molar-refractivity contribution in [2.45, 2.75) is 86.8 Å². The predicted molar refractivity (Wildman–Crippen MR) is 171 cm³/mol. The molecule has 1 radical (unpaired) electrons. The number of halogens is 1. The van der Waals surface area contributed by atoms with E-state index in [0.717, 1.165) is 37.3 Å². The van der Waals surface area contributed by atoms with Crippen molar-refractivity contribution in [3.63, 3.8) is 0 Å². The molecule has 5 heteroatoms. The summed E-state index contributed by atoms with van der Waals surface area (Å²) in [4.78, 5) is 16.3. The van der Waals surface area contributed by atoms with Crippen LogP contribution < -0.4 is 0 Å². The number of aliphatic hydroxyl groups is 1. The first-order valence-electron chi connectivity index (χ1n) is 17.5. The molecule has 0 unspecified atom stereocenters. The summed E-state index contributed by atoms with van der Waals surface area (Å²) in [5.74, 6) is 0.247. The van der Waals surface area contributed by atoms with Gasteiger partial charge in [0.25, 0.3) is 0 Å². The molecule has 0 bridgehead atoms. The number of ketones is 1. The van der Waals surface area contributed by atoms with Gasteiger partial charge in [-0.3, -0.25) is 4.79 Å². The minimum Gasteiger partial charge on any atom is -0.512 e. The van der Waals surface area contributed by atoms with Gasteiger partial charge in [-0.15, -0.1) is 34.9 Å². The van der Waals surface area contributed by atoms with Crippen molar-refractivity contribution in [1.29, 1.82) is 0 Å². The van der Waals surface area contributed by atoms with Crippen LogP contribution in [0.15, 0.2) is 60.5 Å². The zero-order valence-corrected chi connectivity index (χ0v) is 27.7. The van der Waals surface area contributed by atoms with Crippen LogP contribution in [0.4, 0.5) is 4.39 Å². The number of hydrogen-bond donors (Lipinski definition) is 1. The van der Waals surface area contributed by atoms with Gasteiger partial charge in [-0.05, 0) is 65.1 Å². The molecule has 0 aliphatic heterocycles. The molecule has 0 fully saturated rings. The first-order valence-corrected chi connectivity index (χ1v) is 14.5. The molecule has 4 rings (SSSR count). The van der Waals surface area contributed by atoms with Crippen molar-refractivity contribution < 1.29 is 42.6 Å². The summed E-state index contributed by atoms with van der Waals surface area (Å²) < 4.78 is 61.8. The number of carbonyl (C=O) groups excluding carboxylic acids is 1. The van der Waals surface area contributed by atoms with E-state index >= 15 is 0 Å². The Bertz CT molecular complexity index is 1710. The number of allylic oxidation sites excluding steroid dienone is 2. The molecule has 0 aliphatic carbocycles. The van der Waals surface area contributed by atoms with E-state index in [9.17, 15) is 14.3 Å². The Kier molecular flexibility index (Phi) is 10.2. The molecule has 4 aromatic rings. The van der Waals surface area contributed by atoms with E-state index in [2.05, 4.69) is 11.1 Å². The van der Waals surface area contributed by atoms with Gasteiger partial charge in [0.1, 0.15) is 5.82 Å². The number of nitrogens with zero attached hydrogens (tertiary/aromatic N) is 1. The van der Waals surface area contributed by atoms with Gasteiger partial charge in [0.05, 0.1) is 5.76 Å². The van der Waals surface area contributed by atoms with Crippen LogP contribution in [0.3, 0.4) is 0 Å². The molecule has 42 heavy (non-hydrogen) atoms. The fourth-order valence-electron chi connectivity index (χ4n) is 5.22. The van der Waals surface area contributed by atoms with Crippen LogP contribution in [0.5, 0.6) is 0 Å². The van der Waals surface area contributed by atoms with Crippen molar-refractivity contribution in [2.24, 2.45) is 11.8 Å². The SMILES string of the molecule is CCC(CC)C(=O)/C=C(\O)C(CC)CC.[2H]C([2H])([2H])c1[c-]c(-c2ncc(C(C)C)c3cc(F)c4ccccc4c23)cc(C([2H])([2H])[2H])c1.[Ir]. The largest absolute Gasteiger partial charge is 0.512 e. The quantitative estimate of drug-likeness (QED) is 0.0802. The number of hydrogen-bond acceptors (Lipinski definition) is 3. The Morgan fingerprint density at radius 1 is 0.976 bits per heavy atom. The number of carbonyl (C=O) groups is 1. The second kappa shape index (κ2) is 16.1. The zero-order chi connectivity index (χ0) is 35.3. The second-order valence-electron chi connectivity index (χ2n) is 10.7. The van der Waals surface area contributed by atoms with Gasteiger partial charge in [0.2, 0.25) is 0 Å². The van der Waals surface area contributed by atoms with E-state index in [-0.39, 0.29) is 71.9 Å². The Hall–Kier alpha value is -2.88. The summed E-state index contributed by atoms with van der Waals surface area (Å²) in [6, 6.07) is 13.9. The number of aliphatic hydroxyl groups excluding tert-OH is 1. The van der Waals surface area contributed by atoms with Crippen LogP contribution >= 0.6 is 0 Å². The number of pyridine rings is 1. The van der Waals surface area contributed by atoms with Gasteiger partial charge in [-0.25, -0.2) is 4.39 Å². The Morgan fingerprint density at radius 2 is 1.62 bits per heavy atom. The molecule has 3 nitrogen and oxygen atoms in total. The summed E-state index contributed by atoms with van der Waals surface area (Å²) >= 11 is 0. The maximum absolute atomic E-state index is 15.0. The minimum absolute atomic E-state index is 0. The van der Waals surface area contributed by atoms with Crippen LogP contribution in [-0.4, -0.2) is 15.9 Å². The van der Waals surface area contributed by atoms with E-state index in [0.29, 0.717) is 27.2 Å². The maximum Gasteiger partial charge on any atom is 0.162 e. The van der Waals surface area contributed by atoms with Gasteiger partial charge >= 0.3 is 0 Å². The van der Waals surface area contributed by atoms with E-state index in [4.69, 9.17) is 8.22 Å². The molecule has 1 heterocycles. The molecule has 0 saturated heterocycles. The van der Waals surface area contributed by atoms with Gasteiger partial charge in [0.15, 0.2) is 5.78 Å². The van der Waals surface area contributed by atoms with E-state index in [1.165, 1.54) is 18.2 Å². The molecule has 0 amide bonds. The normalized spacial score (nSPS) is 14.4. The van der Waals surface area contributed by atoms with E-state index in [1.807, 2.05) is 41.5 Å². The summed E-state index contributed by atoms with van der Waals surface area (Å²) in [6.07, 6.45) is 6.55. The van der Waals surface area contributed by atoms with Gasteiger partial charge < -0.3 is 10.1 Å². The number of benzene rings is 3. The van der Waals surface area contributed by atoms with Gasteiger partial charge in [0, 0.05) is 57.8 Å². The average molecular weight is 753 g/mol. The van der Waals surface area contributed by atoms with Crippen LogP contribution in [0.1, 0.15) is 98.1 Å². The fraction of sp³-hybridized carbons (Fsp3) is 0.405. The Morgan fingerprint density at radius 3 is 2.19 bits per heavy atom. The monoisotopic (exact) mass is 753 g/mol. The van der Waals surface area contributed by atoms with Gasteiger partial charge in [-0.1, -0.05) is 79.5 Å². The standard InChI is InChI=1S/C24H21FN.C13H24O2.Ir/c1-14(2)21-13-26-24(17-10-15(3)9-16(4)11-17)23-19-8-6-5-7-18(19)22(25)12-20(21)23;1-5-10(6-2)12(14)9-13(15)11(7-3)8-4;/h5-10,12-14H,1-4H3;9-11,14H,5-8H2,1-4H3;/q-1;;/b;12-9-;/i3D3,4D3;;. The summed E-state index contributed by atoms with van der Waals surface area (Å²) in [7, 11) is 0. The van der Waals surface area contributed by atoms with Crippen LogP contribution in [-0.2, 0) is 24.9 Å². The van der Waals surface area contributed by atoms with Crippen molar-refractivity contribution in [1.82, 2.24) is 4.98 Å². The third kappa shape index (κ3) is 8.14. The predicted octanol–water partition coefficient (Wildman–Crippen LogP) is 10.6. The molecule has 1 aromatic heterocycles. The molecule has 3 aromatic carbocycles. The smallest absolute Gasteiger partial charge is 0.162 e. The maximum atomic E-state index is 15.0. The number of rotatable bonds is 9. The average Bonchev–Trinajstić information content (AvgIpc) is 3.01. The Balaban J connectivity index is 0.000000427. The molecule has 0 saturated carbocycles.